The standard InChI is InChI=1S/C9H12N4O/c10-4-3-8-6-12-13(7-8)5-1-2-9(11)14/h6-7H,1-2,5,10H2,(H2,11,14). The average Bonchev–Trinajstić information content (AvgIpc) is 2.53. The van der Waals surface area contributed by atoms with Crippen LogP contribution < -0.4 is 11.5 Å². The number of nitrogens with zero attached hydrogens (tertiary/aromatic N) is 2. The molecule has 0 aliphatic carbocycles. The Morgan fingerprint density at radius 1 is 1.64 bits per heavy atom. The summed E-state index contributed by atoms with van der Waals surface area (Å²) in [4.78, 5) is 10.5. The Morgan fingerprint density at radius 3 is 3.07 bits per heavy atom. The third-order valence-corrected chi connectivity index (χ3v) is 1.66. The van der Waals surface area contributed by atoms with Gasteiger partial charge >= 0.3 is 0 Å². The van der Waals surface area contributed by atoms with E-state index >= 15 is 0 Å². The Labute approximate surface area is 82.1 Å². The van der Waals surface area contributed by atoms with Gasteiger partial charge in [0, 0.05) is 25.2 Å². The van der Waals surface area contributed by atoms with Crippen molar-refractivity contribution in [2.24, 2.45) is 11.5 Å². The maximum Gasteiger partial charge on any atom is 0.217 e. The molecule has 5 nitrogen and oxygen atoms in total. The lowest BCUT2D eigenvalue weighted by Crippen LogP contribution is -2.11. The minimum atomic E-state index is -0.292. The van der Waals surface area contributed by atoms with Crippen molar-refractivity contribution < 1.29 is 4.79 Å². The molecule has 0 aromatic carbocycles. The summed E-state index contributed by atoms with van der Waals surface area (Å²) in [5.74, 6) is 2.39. The lowest BCUT2D eigenvalue weighted by molar-refractivity contribution is -0.118. The zero-order chi connectivity index (χ0) is 10.4. The van der Waals surface area contributed by atoms with E-state index in [0.717, 1.165) is 5.56 Å². The summed E-state index contributed by atoms with van der Waals surface area (Å²) in [7, 11) is 0. The highest BCUT2D eigenvalue weighted by Gasteiger charge is 1.97. The van der Waals surface area contributed by atoms with Crippen LogP contribution in [0.3, 0.4) is 0 Å². The molecule has 0 unspecified atom stereocenters. The summed E-state index contributed by atoms with van der Waals surface area (Å²) >= 11 is 0. The fourth-order valence-corrected chi connectivity index (χ4v) is 1.05. The molecule has 0 saturated carbocycles. The number of hydrogen-bond acceptors (Lipinski definition) is 3. The van der Waals surface area contributed by atoms with Crippen molar-refractivity contribution >= 4 is 5.91 Å². The molecule has 1 aromatic heterocycles. The van der Waals surface area contributed by atoms with Crippen LogP contribution >= 0.6 is 0 Å². The number of rotatable bonds is 4. The van der Waals surface area contributed by atoms with Crippen molar-refractivity contribution in [2.45, 2.75) is 19.4 Å². The molecule has 0 bridgehead atoms. The maximum atomic E-state index is 10.5. The second-order valence-corrected chi connectivity index (χ2v) is 2.83. The molecular weight excluding hydrogens is 180 g/mol. The van der Waals surface area contributed by atoms with Gasteiger partial charge in [-0.05, 0) is 12.3 Å². The van der Waals surface area contributed by atoms with Gasteiger partial charge in [0.25, 0.3) is 0 Å². The lowest BCUT2D eigenvalue weighted by atomic mass is 10.3. The van der Waals surface area contributed by atoms with Crippen LogP contribution in [0.2, 0.25) is 0 Å². The first kappa shape index (κ1) is 10.1. The number of primary amides is 1. The van der Waals surface area contributed by atoms with Crippen molar-refractivity contribution in [3.8, 4) is 12.0 Å². The van der Waals surface area contributed by atoms with Crippen molar-refractivity contribution in [2.75, 3.05) is 0 Å². The Bertz CT molecular complexity index is 372. The summed E-state index contributed by atoms with van der Waals surface area (Å²) < 4.78 is 1.71. The van der Waals surface area contributed by atoms with Crippen molar-refractivity contribution in [3.05, 3.63) is 18.0 Å². The maximum absolute atomic E-state index is 10.5. The van der Waals surface area contributed by atoms with Crippen LogP contribution in [-0.2, 0) is 11.3 Å². The highest BCUT2D eigenvalue weighted by molar-refractivity contribution is 5.73. The fourth-order valence-electron chi connectivity index (χ4n) is 1.05. The van der Waals surface area contributed by atoms with E-state index in [1.807, 2.05) is 0 Å². The molecule has 0 saturated heterocycles. The molecule has 4 N–H and O–H groups in total. The molecule has 0 aliphatic heterocycles. The predicted octanol–water partition coefficient (Wildman–Crippen LogP) is -0.584. The number of carbonyl (C=O) groups excluding carboxylic acids is 1. The van der Waals surface area contributed by atoms with Gasteiger partial charge in [-0.25, -0.2) is 0 Å². The Balaban J connectivity index is 2.42. The van der Waals surface area contributed by atoms with Gasteiger partial charge in [0.1, 0.15) is 0 Å². The van der Waals surface area contributed by atoms with Gasteiger partial charge in [-0.1, -0.05) is 0 Å². The van der Waals surface area contributed by atoms with Gasteiger partial charge in [0.15, 0.2) is 0 Å². The molecule has 1 rings (SSSR count). The lowest BCUT2D eigenvalue weighted by Gasteiger charge is -1.97. The second-order valence-electron chi connectivity index (χ2n) is 2.83. The third kappa shape index (κ3) is 3.19. The van der Waals surface area contributed by atoms with Crippen LogP contribution in [-0.4, -0.2) is 15.7 Å². The van der Waals surface area contributed by atoms with Crippen LogP contribution in [0.15, 0.2) is 12.4 Å². The monoisotopic (exact) mass is 192 g/mol. The zero-order valence-electron chi connectivity index (χ0n) is 7.73. The number of carbonyl (C=O) groups is 1. The summed E-state index contributed by atoms with van der Waals surface area (Å²) in [6.45, 7) is 0.662. The van der Waals surface area contributed by atoms with E-state index in [0.29, 0.717) is 19.4 Å². The molecule has 1 heterocycles. The van der Waals surface area contributed by atoms with E-state index in [-0.39, 0.29) is 5.91 Å². The summed E-state index contributed by atoms with van der Waals surface area (Å²) in [6.07, 6.45) is 4.47. The first-order chi connectivity index (χ1) is 6.72. The van der Waals surface area contributed by atoms with Crippen LogP contribution in [0.5, 0.6) is 0 Å². The van der Waals surface area contributed by atoms with Crippen LogP contribution in [0, 0.1) is 12.0 Å². The molecule has 1 amide bonds. The highest BCUT2D eigenvalue weighted by Crippen LogP contribution is 1.98. The van der Waals surface area contributed by atoms with E-state index in [4.69, 9.17) is 11.5 Å². The van der Waals surface area contributed by atoms with Crippen LogP contribution in [0.25, 0.3) is 0 Å². The molecule has 0 atom stereocenters. The summed E-state index contributed by atoms with van der Waals surface area (Å²) in [5.41, 5.74) is 10.8. The van der Waals surface area contributed by atoms with E-state index in [1.165, 1.54) is 0 Å². The topological polar surface area (TPSA) is 86.9 Å². The van der Waals surface area contributed by atoms with E-state index in [9.17, 15) is 4.79 Å². The van der Waals surface area contributed by atoms with Crippen LogP contribution in [0.1, 0.15) is 18.4 Å². The fraction of sp³-hybridized carbons (Fsp3) is 0.333. The SMILES string of the molecule is NC#Cc1cnn(CCCC(N)=O)c1. The molecule has 74 valence electrons. The van der Waals surface area contributed by atoms with Gasteiger partial charge in [0.05, 0.1) is 11.8 Å². The number of nitrogens with two attached hydrogens (primary N) is 2. The van der Waals surface area contributed by atoms with E-state index < -0.39 is 0 Å². The molecule has 14 heavy (non-hydrogen) atoms. The molecule has 5 heteroatoms. The highest BCUT2D eigenvalue weighted by atomic mass is 16.1. The first-order valence-corrected chi connectivity index (χ1v) is 4.25. The number of hydrogen-bond donors (Lipinski definition) is 2. The average molecular weight is 192 g/mol. The van der Waals surface area contributed by atoms with Crippen molar-refractivity contribution in [3.63, 3.8) is 0 Å². The Morgan fingerprint density at radius 2 is 2.43 bits per heavy atom. The predicted molar refractivity (Wildman–Crippen MR) is 51.7 cm³/mol. The summed E-state index contributed by atoms with van der Waals surface area (Å²) in [6, 6.07) is 2.29. The summed E-state index contributed by atoms with van der Waals surface area (Å²) in [5, 5.41) is 4.04. The number of aromatic nitrogens is 2. The van der Waals surface area contributed by atoms with E-state index in [2.05, 4.69) is 17.1 Å². The number of amides is 1. The van der Waals surface area contributed by atoms with Gasteiger partial charge in [-0.15, -0.1) is 0 Å². The van der Waals surface area contributed by atoms with Crippen LogP contribution in [0.4, 0.5) is 0 Å². The first-order valence-electron chi connectivity index (χ1n) is 4.25. The molecule has 1 aromatic rings. The minimum Gasteiger partial charge on any atom is -0.370 e. The molecular formula is C9H12N4O. The Kier molecular flexibility index (Phi) is 3.56. The van der Waals surface area contributed by atoms with Gasteiger partial charge < -0.3 is 11.5 Å². The largest absolute Gasteiger partial charge is 0.370 e. The molecule has 0 radical (unpaired) electrons. The van der Waals surface area contributed by atoms with Gasteiger partial charge in [0.2, 0.25) is 5.91 Å². The molecule has 0 aliphatic rings. The molecule has 0 fully saturated rings. The normalized spacial score (nSPS) is 9.14. The van der Waals surface area contributed by atoms with Gasteiger partial charge in [-0.2, -0.15) is 5.10 Å². The third-order valence-electron chi connectivity index (χ3n) is 1.66. The quantitative estimate of drug-likeness (QED) is 0.494. The molecule has 0 spiro atoms. The van der Waals surface area contributed by atoms with E-state index in [1.54, 1.807) is 17.1 Å². The van der Waals surface area contributed by atoms with Crippen molar-refractivity contribution in [1.82, 2.24) is 9.78 Å². The zero-order valence-corrected chi connectivity index (χ0v) is 7.73. The second kappa shape index (κ2) is 4.92. The minimum absolute atomic E-state index is 0.292. The van der Waals surface area contributed by atoms with Gasteiger partial charge in [-0.3, -0.25) is 9.48 Å². The smallest absolute Gasteiger partial charge is 0.217 e. The Hall–Kier alpha value is -1.96. The van der Waals surface area contributed by atoms with Crippen molar-refractivity contribution in [1.29, 1.82) is 0 Å². The number of aryl methyl sites for hydroxylation is 1.